The minimum absolute atomic E-state index is 0.00651. The van der Waals surface area contributed by atoms with E-state index < -0.39 is 41.6 Å². The van der Waals surface area contributed by atoms with Gasteiger partial charge in [0.2, 0.25) is 5.91 Å². The number of nitrogens with zero attached hydrogens (tertiary/aromatic N) is 2. The summed E-state index contributed by atoms with van der Waals surface area (Å²) in [7, 11) is 0. The van der Waals surface area contributed by atoms with E-state index in [-0.39, 0.29) is 37.6 Å². The molecule has 2 unspecified atom stereocenters. The summed E-state index contributed by atoms with van der Waals surface area (Å²) in [6.07, 6.45) is -1.14. The smallest absolute Gasteiger partial charge is 0.410 e. The van der Waals surface area contributed by atoms with Gasteiger partial charge < -0.3 is 34.4 Å². The molecule has 0 spiro atoms. The number of amides is 3. The Labute approximate surface area is 309 Å². The second-order valence-corrected chi connectivity index (χ2v) is 16.6. The van der Waals surface area contributed by atoms with Crippen LogP contribution in [-0.4, -0.2) is 81.1 Å². The van der Waals surface area contributed by atoms with Crippen molar-refractivity contribution in [2.24, 2.45) is 0 Å². The Kier molecular flexibility index (Phi) is 13.0. The Hall–Kier alpha value is -4.57. The lowest BCUT2D eigenvalue weighted by Gasteiger charge is -2.41. The molecule has 0 radical (unpaired) electrons. The van der Waals surface area contributed by atoms with Crippen molar-refractivity contribution in [1.29, 1.82) is 0 Å². The van der Waals surface area contributed by atoms with E-state index in [1.165, 1.54) is 4.90 Å². The molecule has 3 aromatic rings. The van der Waals surface area contributed by atoms with Gasteiger partial charge in [-0.2, -0.15) is 0 Å². The summed E-state index contributed by atoms with van der Waals surface area (Å²) in [5.74, 6) is 0.387. The topological polar surface area (TPSA) is 118 Å². The molecule has 0 fully saturated rings. The highest BCUT2D eigenvalue weighted by atomic mass is 16.6. The van der Waals surface area contributed by atoms with Gasteiger partial charge in [-0.25, -0.2) is 9.59 Å². The number of hydrogen-bond acceptors (Lipinski definition) is 7. The molecular weight excluding hydrogens is 658 g/mol. The van der Waals surface area contributed by atoms with Crippen LogP contribution in [0.4, 0.5) is 9.59 Å². The van der Waals surface area contributed by atoms with Crippen molar-refractivity contribution in [3.8, 4) is 5.75 Å². The molecule has 0 bridgehead atoms. The number of fused-ring (bicyclic) bond motifs is 1. The Bertz CT molecular complexity index is 1640. The van der Waals surface area contributed by atoms with Gasteiger partial charge in [0.05, 0.1) is 18.7 Å². The zero-order valence-electron chi connectivity index (χ0n) is 32.3. The van der Waals surface area contributed by atoms with Gasteiger partial charge in [-0.3, -0.25) is 4.79 Å². The first-order valence-corrected chi connectivity index (χ1v) is 18.1. The highest BCUT2D eigenvalue weighted by Gasteiger charge is 2.38. The number of carbonyl (C=O) groups is 3. The van der Waals surface area contributed by atoms with Crippen LogP contribution < -0.4 is 10.1 Å². The zero-order chi connectivity index (χ0) is 38.3. The molecule has 0 aromatic heterocycles. The molecule has 2 N–H and O–H groups in total. The molecule has 4 rings (SSSR count). The van der Waals surface area contributed by atoms with Crippen LogP contribution in [-0.2, 0) is 40.1 Å². The van der Waals surface area contributed by atoms with Crippen LogP contribution in [0, 0.1) is 0 Å². The highest BCUT2D eigenvalue weighted by molar-refractivity contribution is 5.86. The van der Waals surface area contributed by atoms with Crippen LogP contribution in [0.25, 0.3) is 0 Å². The largest absolute Gasteiger partial charge is 0.488 e. The van der Waals surface area contributed by atoms with E-state index in [4.69, 9.17) is 14.2 Å². The molecule has 0 aliphatic carbocycles. The molecular formula is C42H57N3O7. The second-order valence-electron chi connectivity index (χ2n) is 16.6. The third-order valence-corrected chi connectivity index (χ3v) is 8.24. The molecule has 3 amide bonds. The van der Waals surface area contributed by atoms with Crippen molar-refractivity contribution in [3.05, 3.63) is 101 Å². The van der Waals surface area contributed by atoms with Crippen molar-refractivity contribution in [2.45, 2.75) is 123 Å². The number of carbonyl (C=O) groups excluding carboxylic acids is 3. The summed E-state index contributed by atoms with van der Waals surface area (Å²) in [6.45, 7) is 17.0. The number of alkyl carbamates (subject to hydrolysis) is 1. The van der Waals surface area contributed by atoms with E-state index in [0.29, 0.717) is 18.6 Å². The van der Waals surface area contributed by atoms with Crippen molar-refractivity contribution >= 4 is 18.1 Å². The average Bonchev–Trinajstić information content (AvgIpc) is 3.02. The monoisotopic (exact) mass is 715 g/mol. The summed E-state index contributed by atoms with van der Waals surface area (Å²) < 4.78 is 17.4. The highest BCUT2D eigenvalue weighted by Crippen LogP contribution is 2.27. The minimum Gasteiger partial charge on any atom is -0.488 e. The molecule has 3 atom stereocenters. The Balaban J connectivity index is 1.66. The van der Waals surface area contributed by atoms with E-state index in [9.17, 15) is 19.5 Å². The molecule has 10 nitrogen and oxygen atoms in total. The van der Waals surface area contributed by atoms with Gasteiger partial charge in [0.25, 0.3) is 0 Å². The van der Waals surface area contributed by atoms with Crippen molar-refractivity contribution in [1.82, 2.24) is 15.1 Å². The van der Waals surface area contributed by atoms with Crippen LogP contribution in [0.2, 0.25) is 0 Å². The van der Waals surface area contributed by atoms with Crippen molar-refractivity contribution < 1.29 is 33.7 Å². The maximum absolute atomic E-state index is 14.8. The van der Waals surface area contributed by atoms with Gasteiger partial charge >= 0.3 is 12.2 Å². The maximum atomic E-state index is 14.8. The van der Waals surface area contributed by atoms with Gasteiger partial charge in [-0.1, -0.05) is 66.7 Å². The van der Waals surface area contributed by atoms with E-state index in [1.807, 2.05) is 99.6 Å². The third-order valence-electron chi connectivity index (χ3n) is 8.24. The number of aliphatic hydroxyl groups excluding tert-OH is 1. The normalized spacial score (nSPS) is 15.9. The first-order valence-electron chi connectivity index (χ1n) is 18.1. The lowest BCUT2D eigenvalue weighted by Crippen LogP contribution is -2.58. The molecule has 3 aromatic carbocycles. The molecule has 0 saturated carbocycles. The van der Waals surface area contributed by atoms with E-state index in [1.54, 1.807) is 46.4 Å². The lowest BCUT2D eigenvalue weighted by atomic mass is 9.92. The predicted molar refractivity (Wildman–Crippen MR) is 202 cm³/mol. The fraction of sp³-hybridized carbons (Fsp3) is 0.500. The molecule has 10 heteroatoms. The molecule has 1 aliphatic heterocycles. The minimum atomic E-state index is -0.976. The quantitative estimate of drug-likeness (QED) is 0.218. The van der Waals surface area contributed by atoms with Gasteiger partial charge in [0.1, 0.15) is 28.6 Å². The van der Waals surface area contributed by atoms with Crippen LogP contribution in [0.1, 0.15) is 84.6 Å². The number of hydrogen-bond donors (Lipinski definition) is 2. The Morgan fingerprint density at radius 2 is 1.35 bits per heavy atom. The molecule has 52 heavy (non-hydrogen) atoms. The summed E-state index contributed by atoms with van der Waals surface area (Å²) in [5.41, 5.74) is 1.90. The summed E-state index contributed by atoms with van der Waals surface area (Å²) in [5, 5.41) is 14.1. The fourth-order valence-corrected chi connectivity index (χ4v) is 6.15. The predicted octanol–water partition coefficient (Wildman–Crippen LogP) is 7.09. The first-order chi connectivity index (χ1) is 24.2. The van der Waals surface area contributed by atoms with Crippen LogP contribution in [0.15, 0.2) is 78.9 Å². The third kappa shape index (κ3) is 12.9. The SMILES string of the molecule is CC(C)(C)OC(=O)NC(Cc1ccc(OC(C)(C)C)cc1)C(=O)N1Cc2ccccc2C[C@H]1CN(CC(O)Cc1ccccc1)C(=O)OC(C)(C)C. The van der Waals surface area contributed by atoms with E-state index in [0.717, 1.165) is 22.3 Å². The van der Waals surface area contributed by atoms with E-state index >= 15 is 0 Å². The van der Waals surface area contributed by atoms with Crippen molar-refractivity contribution in [2.75, 3.05) is 13.1 Å². The second kappa shape index (κ2) is 16.8. The van der Waals surface area contributed by atoms with Crippen LogP contribution in [0.3, 0.4) is 0 Å². The molecule has 1 aliphatic rings. The van der Waals surface area contributed by atoms with Gasteiger partial charge in [0.15, 0.2) is 0 Å². The lowest BCUT2D eigenvalue weighted by molar-refractivity contribution is -0.137. The summed E-state index contributed by atoms with van der Waals surface area (Å²) in [4.78, 5) is 44.9. The molecule has 0 saturated heterocycles. The summed E-state index contributed by atoms with van der Waals surface area (Å²) >= 11 is 0. The van der Waals surface area contributed by atoms with E-state index in [2.05, 4.69) is 5.32 Å². The summed E-state index contributed by atoms with van der Waals surface area (Å²) in [6, 6.07) is 23.5. The number of nitrogens with one attached hydrogen (secondary N) is 1. The average molecular weight is 716 g/mol. The van der Waals surface area contributed by atoms with Crippen LogP contribution >= 0.6 is 0 Å². The first kappa shape index (κ1) is 40.2. The number of rotatable bonds is 11. The fourth-order valence-electron chi connectivity index (χ4n) is 6.15. The standard InChI is InChI=1S/C42H57N3O7/c1-40(2,3)50-35-21-19-30(20-22-35)24-36(43-38(48)51-41(4,5)6)37(47)45-26-32-18-14-13-17-31(32)25-33(45)27-44(39(49)52-42(7,8)9)28-34(46)23-29-15-11-10-12-16-29/h10-22,33-34,36,46H,23-28H2,1-9H3,(H,43,48)/t33-,34?,36?/m0/s1. The van der Waals surface area contributed by atoms with Crippen molar-refractivity contribution in [3.63, 3.8) is 0 Å². The molecule has 282 valence electrons. The number of benzene rings is 3. The maximum Gasteiger partial charge on any atom is 0.410 e. The van der Waals surface area contributed by atoms with Gasteiger partial charge in [-0.05, 0) is 103 Å². The number of aliphatic hydroxyl groups is 1. The Morgan fingerprint density at radius 3 is 1.94 bits per heavy atom. The Morgan fingerprint density at radius 1 is 0.769 bits per heavy atom. The van der Waals surface area contributed by atoms with Gasteiger partial charge in [0, 0.05) is 25.9 Å². The van der Waals surface area contributed by atoms with Gasteiger partial charge in [-0.15, -0.1) is 0 Å². The molecule has 1 heterocycles. The number of ether oxygens (including phenoxy) is 3. The van der Waals surface area contributed by atoms with Crippen LogP contribution in [0.5, 0.6) is 5.75 Å². The zero-order valence-corrected chi connectivity index (χ0v) is 32.3.